The summed E-state index contributed by atoms with van der Waals surface area (Å²) in [5, 5.41) is 1.86. The second kappa shape index (κ2) is 8.09. The van der Waals surface area contributed by atoms with Gasteiger partial charge in [0, 0.05) is 5.92 Å². The first-order valence-corrected chi connectivity index (χ1v) is 7.73. The minimum atomic E-state index is -2.26. The topological polar surface area (TPSA) is 29.1 Å². The fourth-order valence-electron chi connectivity index (χ4n) is 2.51. The van der Waals surface area contributed by atoms with Gasteiger partial charge >= 0.3 is 0 Å². The quantitative estimate of drug-likeness (QED) is 0.441. The first-order chi connectivity index (χ1) is 11.9. The molecule has 0 heterocycles. The van der Waals surface area contributed by atoms with Gasteiger partial charge in [0.05, 0.1) is 0 Å². The molecule has 7 heteroatoms. The van der Waals surface area contributed by atoms with E-state index in [4.69, 9.17) is 0 Å². The van der Waals surface area contributed by atoms with Crippen LogP contribution in [0.5, 0.6) is 0 Å². The van der Waals surface area contributed by atoms with E-state index >= 15 is 0 Å². The highest BCUT2D eigenvalue weighted by Gasteiger charge is 2.28. The van der Waals surface area contributed by atoms with E-state index in [0.29, 0.717) is 12.8 Å². The second-order valence-electron chi connectivity index (χ2n) is 5.61. The molecule has 2 rings (SSSR count). The number of amides is 1. The summed E-state index contributed by atoms with van der Waals surface area (Å²) in [6.07, 6.45) is 1.30. The Morgan fingerprint density at radius 1 is 0.920 bits per heavy atom. The third-order valence-electron chi connectivity index (χ3n) is 3.79. The van der Waals surface area contributed by atoms with Gasteiger partial charge in [-0.05, 0) is 18.4 Å². The van der Waals surface area contributed by atoms with Crippen LogP contribution in [0.15, 0.2) is 30.3 Å². The Labute approximate surface area is 141 Å². The zero-order valence-corrected chi connectivity index (χ0v) is 13.4. The predicted octanol–water partition coefficient (Wildman–Crippen LogP) is 4.98. The molecule has 2 aromatic carbocycles. The number of rotatable bonds is 6. The monoisotopic (exact) mass is 357 g/mol. The smallest absolute Gasteiger partial charge is 0.227 e. The van der Waals surface area contributed by atoms with Crippen LogP contribution >= 0.6 is 0 Å². The predicted molar refractivity (Wildman–Crippen MR) is 83.4 cm³/mol. The average molecular weight is 357 g/mol. The maximum absolute atomic E-state index is 13.7. The van der Waals surface area contributed by atoms with Crippen LogP contribution in [-0.4, -0.2) is 5.91 Å². The molecule has 2 nitrogen and oxygen atoms in total. The molecule has 0 radical (unpaired) electrons. The standard InChI is InChI=1S/C18H16F5NO/c1-2-6-11(9-10-7-4-3-5-8-10)18(25)24-17-15(22)13(20)12(19)14(21)16(17)23/h3-5,7-8,11H,2,6,9H2,1H3,(H,24,25). The lowest BCUT2D eigenvalue weighted by Gasteiger charge is -2.17. The number of benzene rings is 2. The maximum atomic E-state index is 13.7. The molecular weight excluding hydrogens is 341 g/mol. The van der Waals surface area contributed by atoms with Gasteiger partial charge in [-0.25, -0.2) is 22.0 Å². The fraction of sp³-hybridized carbons (Fsp3) is 0.278. The molecule has 0 aliphatic rings. The van der Waals surface area contributed by atoms with Crippen molar-refractivity contribution < 1.29 is 26.7 Å². The minimum absolute atomic E-state index is 0.288. The molecule has 1 atom stereocenters. The highest BCUT2D eigenvalue weighted by Crippen LogP contribution is 2.28. The summed E-state index contributed by atoms with van der Waals surface area (Å²) in [6, 6.07) is 8.93. The van der Waals surface area contributed by atoms with Crippen LogP contribution in [0.2, 0.25) is 0 Å². The molecule has 0 aliphatic carbocycles. The lowest BCUT2D eigenvalue weighted by Crippen LogP contribution is -2.26. The highest BCUT2D eigenvalue weighted by molar-refractivity contribution is 5.93. The third-order valence-corrected chi connectivity index (χ3v) is 3.79. The highest BCUT2D eigenvalue weighted by atomic mass is 19.2. The van der Waals surface area contributed by atoms with Crippen molar-refractivity contribution in [1.29, 1.82) is 0 Å². The number of carbonyl (C=O) groups excluding carboxylic acids is 1. The first kappa shape index (κ1) is 18.9. The van der Waals surface area contributed by atoms with Crippen LogP contribution in [-0.2, 0) is 11.2 Å². The van der Waals surface area contributed by atoms with Crippen molar-refractivity contribution in [3.63, 3.8) is 0 Å². The van der Waals surface area contributed by atoms with Gasteiger partial charge in [-0.15, -0.1) is 0 Å². The maximum Gasteiger partial charge on any atom is 0.227 e. The number of halogens is 5. The van der Waals surface area contributed by atoms with Crippen molar-refractivity contribution in [3.8, 4) is 0 Å². The van der Waals surface area contributed by atoms with E-state index in [0.717, 1.165) is 5.56 Å². The lowest BCUT2D eigenvalue weighted by atomic mass is 9.94. The number of anilines is 1. The van der Waals surface area contributed by atoms with Gasteiger partial charge in [0.15, 0.2) is 23.3 Å². The van der Waals surface area contributed by atoms with Crippen molar-refractivity contribution in [1.82, 2.24) is 0 Å². The molecule has 0 aromatic heterocycles. The minimum Gasteiger partial charge on any atom is -0.321 e. The van der Waals surface area contributed by atoms with Gasteiger partial charge in [-0.2, -0.15) is 0 Å². The van der Waals surface area contributed by atoms with Gasteiger partial charge in [-0.1, -0.05) is 43.7 Å². The van der Waals surface area contributed by atoms with Gasteiger partial charge in [0.2, 0.25) is 11.7 Å². The Morgan fingerprint density at radius 3 is 1.96 bits per heavy atom. The van der Waals surface area contributed by atoms with Crippen LogP contribution < -0.4 is 5.32 Å². The van der Waals surface area contributed by atoms with E-state index in [1.165, 1.54) is 0 Å². The zero-order valence-electron chi connectivity index (χ0n) is 13.4. The van der Waals surface area contributed by atoms with Crippen LogP contribution in [0, 0.1) is 35.0 Å². The van der Waals surface area contributed by atoms with Crippen molar-refractivity contribution in [2.24, 2.45) is 5.92 Å². The normalized spacial score (nSPS) is 12.1. The summed E-state index contributed by atoms with van der Waals surface area (Å²) in [5.74, 6) is -12.0. The van der Waals surface area contributed by atoms with E-state index in [9.17, 15) is 26.7 Å². The van der Waals surface area contributed by atoms with Gasteiger partial charge < -0.3 is 5.32 Å². The van der Waals surface area contributed by atoms with E-state index < -0.39 is 46.6 Å². The molecule has 0 spiro atoms. The molecule has 0 fully saturated rings. The summed E-state index contributed by atoms with van der Waals surface area (Å²) < 4.78 is 66.9. The van der Waals surface area contributed by atoms with Crippen molar-refractivity contribution in [2.75, 3.05) is 5.32 Å². The SMILES string of the molecule is CCCC(Cc1ccccc1)C(=O)Nc1c(F)c(F)c(F)c(F)c1F. The number of carbonyl (C=O) groups is 1. The summed E-state index contributed by atoms with van der Waals surface area (Å²) in [7, 11) is 0. The van der Waals surface area contributed by atoms with E-state index in [1.807, 2.05) is 12.2 Å². The van der Waals surface area contributed by atoms with Crippen molar-refractivity contribution >= 4 is 11.6 Å². The number of hydrogen-bond acceptors (Lipinski definition) is 1. The molecular formula is C18H16F5NO. The van der Waals surface area contributed by atoms with E-state index in [-0.39, 0.29) is 6.42 Å². The number of hydrogen-bond donors (Lipinski definition) is 1. The fourth-order valence-corrected chi connectivity index (χ4v) is 2.51. The second-order valence-corrected chi connectivity index (χ2v) is 5.61. The molecule has 134 valence electrons. The zero-order chi connectivity index (χ0) is 18.6. The molecule has 0 saturated carbocycles. The largest absolute Gasteiger partial charge is 0.321 e. The Hall–Kier alpha value is -2.44. The van der Waals surface area contributed by atoms with Gasteiger partial charge in [-0.3, -0.25) is 4.79 Å². The van der Waals surface area contributed by atoms with E-state index in [1.54, 1.807) is 30.3 Å². The van der Waals surface area contributed by atoms with Crippen LogP contribution in [0.3, 0.4) is 0 Å². The Balaban J connectivity index is 2.27. The molecule has 1 unspecified atom stereocenters. The molecule has 1 N–H and O–H groups in total. The summed E-state index contributed by atoms with van der Waals surface area (Å²) in [6.45, 7) is 1.82. The number of nitrogens with one attached hydrogen (secondary N) is 1. The molecule has 0 saturated heterocycles. The molecule has 1 amide bonds. The summed E-state index contributed by atoms with van der Waals surface area (Å²) in [5.41, 5.74) is -0.496. The van der Waals surface area contributed by atoms with Gasteiger partial charge in [0.25, 0.3) is 0 Å². The van der Waals surface area contributed by atoms with Gasteiger partial charge in [0.1, 0.15) is 5.69 Å². The Bertz CT molecular complexity index is 735. The van der Waals surface area contributed by atoms with E-state index in [2.05, 4.69) is 0 Å². The Kier molecular flexibility index (Phi) is 6.12. The molecule has 25 heavy (non-hydrogen) atoms. The average Bonchev–Trinajstić information content (AvgIpc) is 2.62. The van der Waals surface area contributed by atoms with Crippen LogP contribution in [0.1, 0.15) is 25.3 Å². The van der Waals surface area contributed by atoms with Crippen molar-refractivity contribution in [2.45, 2.75) is 26.2 Å². The Morgan fingerprint density at radius 2 is 1.44 bits per heavy atom. The molecule has 0 bridgehead atoms. The third kappa shape index (κ3) is 4.15. The summed E-state index contributed by atoms with van der Waals surface area (Å²) >= 11 is 0. The van der Waals surface area contributed by atoms with Crippen LogP contribution in [0.4, 0.5) is 27.6 Å². The summed E-state index contributed by atoms with van der Waals surface area (Å²) in [4.78, 5) is 12.3. The van der Waals surface area contributed by atoms with Crippen LogP contribution in [0.25, 0.3) is 0 Å². The molecule has 2 aromatic rings. The van der Waals surface area contributed by atoms with Crippen molar-refractivity contribution in [3.05, 3.63) is 65.0 Å². The first-order valence-electron chi connectivity index (χ1n) is 7.73. The lowest BCUT2D eigenvalue weighted by molar-refractivity contribution is -0.120. The molecule has 0 aliphatic heterocycles.